The van der Waals surface area contributed by atoms with Crippen LogP contribution in [-0.4, -0.2) is 32.4 Å². The van der Waals surface area contributed by atoms with Crippen LogP contribution in [0.1, 0.15) is 21.5 Å². The number of nitrogens with zero attached hydrogens (tertiary/aromatic N) is 1. The summed E-state index contributed by atoms with van der Waals surface area (Å²) in [6.45, 7) is 1.23. The van der Waals surface area contributed by atoms with Crippen molar-refractivity contribution >= 4 is 12.1 Å². The predicted octanol–water partition coefficient (Wildman–Crippen LogP) is 2.65. The molecule has 5 heteroatoms. The number of hydrogen-bond acceptors (Lipinski definition) is 4. The normalized spacial score (nSPS) is 16.3. The highest BCUT2D eigenvalue weighted by Gasteiger charge is 2.20. The number of fused-ring (bicyclic) bond motifs is 1. The Hall–Kier alpha value is -2.82. The molecule has 5 nitrogen and oxygen atoms in total. The van der Waals surface area contributed by atoms with Gasteiger partial charge in [-0.15, -0.1) is 0 Å². The second-order valence-corrected chi connectivity index (χ2v) is 5.74. The molecule has 1 N–H and O–H groups in total. The van der Waals surface area contributed by atoms with Gasteiger partial charge in [0.2, 0.25) is 0 Å². The number of hydrogen-bond donors (Lipinski definition) is 1. The van der Waals surface area contributed by atoms with Gasteiger partial charge in [0.15, 0.2) is 0 Å². The average molecular weight is 324 g/mol. The molecule has 1 unspecified atom stereocenters. The summed E-state index contributed by atoms with van der Waals surface area (Å²) in [6.07, 6.45) is 2.52. The Morgan fingerprint density at radius 3 is 2.88 bits per heavy atom. The minimum absolute atomic E-state index is 0.0795. The molecule has 0 saturated heterocycles. The largest absolute Gasteiger partial charge is 0.493 e. The van der Waals surface area contributed by atoms with E-state index in [9.17, 15) is 4.79 Å². The number of carbonyl (C=O) groups excluding carboxylic acids is 1. The van der Waals surface area contributed by atoms with Gasteiger partial charge in [-0.3, -0.25) is 4.79 Å². The van der Waals surface area contributed by atoms with Gasteiger partial charge in [-0.25, -0.2) is 0 Å². The zero-order chi connectivity index (χ0) is 16.8. The Labute approximate surface area is 141 Å². The van der Waals surface area contributed by atoms with Gasteiger partial charge < -0.3 is 14.9 Å². The van der Waals surface area contributed by atoms with E-state index in [1.165, 1.54) is 12.7 Å². The number of carbonyl (C=O) groups is 1. The lowest BCUT2D eigenvalue weighted by atomic mass is 9.96. The maximum atomic E-state index is 12.2. The molecule has 0 fully saturated rings. The van der Waals surface area contributed by atoms with E-state index in [0.717, 1.165) is 17.7 Å². The van der Waals surface area contributed by atoms with Gasteiger partial charge in [0.05, 0.1) is 12.8 Å². The van der Waals surface area contributed by atoms with Gasteiger partial charge in [-0.05, 0) is 35.7 Å². The number of para-hydroxylation sites is 1. The summed E-state index contributed by atoms with van der Waals surface area (Å²) in [6, 6.07) is 15.3. The number of benzene rings is 2. The topological polar surface area (TPSA) is 59.9 Å². The van der Waals surface area contributed by atoms with Crippen molar-refractivity contribution in [1.29, 1.82) is 0 Å². The molecular formula is C19H20N2O3. The molecule has 3 rings (SSSR count). The SMILES string of the molecule is CON=Cc1ccc(C(=O)NCC2COc3ccccc3C2)cc1. The van der Waals surface area contributed by atoms with Crippen LogP contribution in [0.15, 0.2) is 53.7 Å². The third-order valence-electron chi connectivity index (χ3n) is 3.99. The molecule has 1 aliphatic rings. The van der Waals surface area contributed by atoms with E-state index in [4.69, 9.17) is 4.74 Å². The summed E-state index contributed by atoms with van der Waals surface area (Å²) in [5.41, 5.74) is 2.71. The lowest BCUT2D eigenvalue weighted by molar-refractivity contribution is 0.0939. The molecule has 0 saturated carbocycles. The van der Waals surface area contributed by atoms with Gasteiger partial charge in [0.1, 0.15) is 12.9 Å². The predicted molar refractivity (Wildman–Crippen MR) is 92.5 cm³/mol. The maximum absolute atomic E-state index is 12.2. The van der Waals surface area contributed by atoms with E-state index in [-0.39, 0.29) is 11.8 Å². The van der Waals surface area contributed by atoms with Gasteiger partial charge in [-0.1, -0.05) is 35.5 Å². The highest BCUT2D eigenvalue weighted by molar-refractivity contribution is 5.95. The van der Waals surface area contributed by atoms with Crippen LogP contribution in [0.5, 0.6) is 5.75 Å². The molecule has 2 aromatic rings. The van der Waals surface area contributed by atoms with Crippen LogP contribution in [0.4, 0.5) is 0 Å². The molecule has 0 spiro atoms. The number of amides is 1. The van der Waals surface area contributed by atoms with Gasteiger partial charge in [-0.2, -0.15) is 0 Å². The lowest BCUT2D eigenvalue weighted by Gasteiger charge is -2.25. The van der Waals surface area contributed by atoms with Crippen molar-refractivity contribution in [3.8, 4) is 5.75 Å². The smallest absolute Gasteiger partial charge is 0.251 e. The molecule has 0 aromatic heterocycles. The summed E-state index contributed by atoms with van der Waals surface area (Å²) < 4.78 is 5.75. The van der Waals surface area contributed by atoms with Crippen molar-refractivity contribution in [2.75, 3.05) is 20.3 Å². The first kappa shape index (κ1) is 16.1. The van der Waals surface area contributed by atoms with Crippen molar-refractivity contribution in [3.05, 3.63) is 65.2 Å². The molecule has 1 amide bonds. The summed E-state index contributed by atoms with van der Waals surface area (Å²) in [5.74, 6) is 1.16. The van der Waals surface area contributed by atoms with Crippen molar-refractivity contribution in [2.24, 2.45) is 11.1 Å². The molecule has 124 valence electrons. The maximum Gasteiger partial charge on any atom is 0.251 e. The molecule has 24 heavy (non-hydrogen) atoms. The van der Waals surface area contributed by atoms with E-state index < -0.39 is 0 Å². The van der Waals surface area contributed by atoms with Gasteiger partial charge in [0, 0.05) is 18.0 Å². The summed E-state index contributed by atoms with van der Waals surface area (Å²) in [5, 5.41) is 6.68. The molecular weight excluding hydrogens is 304 g/mol. The first-order valence-electron chi connectivity index (χ1n) is 7.92. The van der Waals surface area contributed by atoms with Crippen LogP contribution in [0.25, 0.3) is 0 Å². The van der Waals surface area contributed by atoms with Gasteiger partial charge in [0.25, 0.3) is 5.91 Å². The standard InChI is InChI=1S/C19H20N2O3/c1-23-21-12-14-6-8-16(9-7-14)19(22)20-11-15-10-17-4-2-3-5-18(17)24-13-15/h2-9,12,15H,10-11,13H2,1H3,(H,20,22). The molecule has 2 aromatic carbocycles. The Bertz CT molecular complexity index is 726. The minimum Gasteiger partial charge on any atom is -0.493 e. The van der Waals surface area contributed by atoms with Crippen molar-refractivity contribution in [2.45, 2.75) is 6.42 Å². The fourth-order valence-corrected chi connectivity index (χ4v) is 2.70. The van der Waals surface area contributed by atoms with E-state index in [1.807, 2.05) is 30.3 Å². The number of rotatable bonds is 5. The van der Waals surface area contributed by atoms with Crippen molar-refractivity contribution in [1.82, 2.24) is 5.32 Å². The molecule has 0 bridgehead atoms. The first-order valence-corrected chi connectivity index (χ1v) is 7.92. The van der Waals surface area contributed by atoms with E-state index in [1.54, 1.807) is 18.3 Å². The second-order valence-electron chi connectivity index (χ2n) is 5.74. The number of oxime groups is 1. The van der Waals surface area contributed by atoms with Crippen LogP contribution >= 0.6 is 0 Å². The van der Waals surface area contributed by atoms with Crippen molar-refractivity contribution < 1.29 is 14.4 Å². The Morgan fingerprint density at radius 1 is 1.29 bits per heavy atom. The molecule has 0 radical (unpaired) electrons. The van der Waals surface area contributed by atoms with Crippen molar-refractivity contribution in [3.63, 3.8) is 0 Å². The fourth-order valence-electron chi connectivity index (χ4n) is 2.70. The van der Waals surface area contributed by atoms with Crippen LogP contribution < -0.4 is 10.1 Å². The highest BCUT2D eigenvalue weighted by Crippen LogP contribution is 2.26. The third-order valence-corrected chi connectivity index (χ3v) is 3.99. The Morgan fingerprint density at radius 2 is 2.08 bits per heavy atom. The summed E-state index contributed by atoms with van der Waals surface area (Å²) in [7, 11) is 1.49. The van der Waals surface area contributed by atoms with E-state index >= 15 is 0 Å². The highest BCUT2D eigenvalue weighted by atomic mass is 16.6. The first-order chi connectivity index (χ1) is 11.8. The number of ether oxygens (including phenoxy) is 1. The quantitative estimate of drug-likeness (QED) is 0.679. The molecule has 1 atom stereocenters. The van der Waals surface area contributed by atoms with E-state index in [2.05, 4.69) is 21.4 Å². The monoisotopic (exact) mass is 324 g/mol. The van der Waals surface area contributed by atoms with Gasteiger partial charge >= 0.3 is 0 Å². The van der Waals surface area contributed by atoms with Crippen LogP contribution in [0.3, 0.4) is 0 Å². The van der Waals surface area contributed by atoms with E-state index in [0.29, 0.717) is 18.7 Å². The Kier molecular flexibility index (Phi) is 5.11. The summed E-state index contributed by atoms with van der Waals surface area (Å²) in [4.78, 5) is 16.9. The third kappa shape index (κ3) is 3.93. The zero-order valence-corrected chi connectivity index (χ0v) is 13.6. The molecule has 1 aliphatic heterocycles. The lowest BCUT2D eigenvalue weighted by Crippen LogP contribution is -2.34. The van der Waals surface area contributed by atoms with Crippen LogP contribution in [0.2, 0.25) is 0 Å². The van der Waals surface area contributed by atoms with Crippen LogP contribution in [-0.2, 0) is 11.3 Å². The molecule has 0 aliphatic carbocycles. The Balaban J connectivity index is 1.53. The second kappa shape index (κ2) is 7.64. The summed E-state index contributed by atoms with van der Waals surface area (Å²) >= 11 is 0. The average Bonchev–Trinajstić information content (AvgIpc) is 2.64. The zero-order valence-electron chi connectivity index (χ0n) is 13.6. The fraction of sp³-hybridized carbons (Fsp3) is 0.263. The molecule has 1 heterocycles. The van der Waals surface area contributed by atoms with Crippen LogP contribution in [0, 0.1) is 5.92 Å². The number of nitrogens with one attached hydrogen (secondary N) is 1. The minimum atomic E-state index is -0.0795.